The number of hydrogen-bond acceptors (Lipinski definition) is 3. The molecule has 148 valence electrons. The lowest BCUT2D eigenvalue weighted by Gasteiger charge is -2.39. The third-order valence-corrected chi connectivity index (χ3v) is 6.91. The predicted molar refractivity (Wildman–Crippen MR) is 114 cm³/mol. The topological polar surface area (TPSA) is 9.72 Å². The summed E-state index contributed by atoms with van der Waals surface area (Å²) in [6, 6.07) is 12.6. The molecule has 4 heterocycles. The van der Waals surface area contributed by atoms with E-state index in [4.69, 9.17) is 0 Å². The van der Waals surface area contributed by atoms with Gasteiger partial charge in [0.1, 0.15) is 0 Å². The number of allylic oxidation sites excluding steroid dienone is 1. The molecule has 0 aromatic heterocycles. The van der Waals surface area contributed by atoms with Crippen LogP contribution in [0.3, 0.4) is 0 Å². The van der Waals surface area contributed by atoms with Crippen LogP contribution in [0.5, 0.6) is 0 Å². The minimum absolute atomic E-state index is 0.779. The van der Waals surface area contributed by atoms with Crippen molar-refractivity contribution >= 4 is 0 Å². The van der Waals surface area contributed by atoms with E-state index in [2.05, 4.69) is 65.0 Å². The first-order valence-electron chi connectivity index (χ1n) is 11.0. The summed E-state index contributed by atoms with van der Waals surface area (Å²) >= 11 is 0. The van der Waals surface area contributed by atoms with Crippen LogP contribution in [-0.4, -0.2) is 66.1 Å². The molecule has 2 atom stereocenters. The quantitative estimate of drug-likeness (QED) is 0.728. The Labute approximate surface area is 166 Å². The van der Waals surface area contributed by atoms with Crippen molar-refractivity contribution in [1.82, 2.24) is 14.7 Å². The average molecular weight is 368 g/mol. The molecular weight excluding hydrogens is 330 g/mol. The molecule has 3 nitrogen and oxygen atoms in total. The maximum atomic E-state index is 2.88. The van der Waals surface area contributed by atoms with Crippen molar-refractivity contribution in [1.29, 1.82) is 0 Å². The van der Waals surface area contributed by atoms with Crippen LogP contribution in [0, 0.1) is 5.92 Å². The van der Waals surface area contributed by atoms with Crippen LogP contribution in [0.15, 0.2) is 42.0 Å². The fourth-order valence-electron chi connectivity index (χ4n) is 5.32. The predicted octanol–water partition coefficient (Wildman–Crippen LogP) is 4.01. The summed E-state index contributed by atoms with van der Waals surface area (Å²) in [5.74, 6) is 0.886. The molecule has 3 heteroatoms. The van der Waals surface area contributed by atoms with Crippen molar-refractivity contribution in [2.24, 2.45) is 5.92 Å². The van der Waals surface area contributed by atoms with Crippen molar-refractivity contribution in [2.75, 3.05) is 39.3 Å². The van der Waals surface area contributed by atoms with Gasteiger partial charge in [0.25, 0.3) is 0 Å². The number of likely N-dealkylation sites (tertiary alicyclic amines) is 1. The standard InChI is InChI=1S/C24H37N3/c1-20(2)10-15-26-17-22-8-9-24(26)19-27(18-22)23-11-13-25(14-12-23)16-21-6-4-3-5-7-21/h3-7,10,22-24H,8-9,11-19H2,1-2H3/t22-,24-/m0/s1. The summed E-state index contributed by atoms with van der Waals surface area (Å²) in [7, 11) is 0. The number of rotatable bonds is 5. The molecule has 0 N–H and O–H groups in total. The normalized spacial score (nSPS) is 28.2. The van der Waals surface area contributed by atoms with Crippen molar-refractivity contribution in [2.45, 2.75) is 58.2 Å². The zero-order chi connectivity index (χ0) is 18.6. The highest BCUT2D eigenvalue weighted by atomic mass is 15.3. The Kier molecular flexibility index (Phi) is 6.31. The molecule has 2 bridgehead atoms. The summed E-state index contributed by atoms with van der Waals surface area (Å²) in [4.78, 5) is 8.30. The summed E-state index contributed by atoms with van der Waals surface area (Å²) < 4.78 is 0. The molecule has 4 aliphatic rings. The number of fused-ring (bicyclic) bond motifs is 4. The first-order chi connectivity index (χ1) is 13.2. The first-order valence-corrected chi connectivity index (χ1v) is 11.0. The number of nitrogens with zero attached hydrogens (tertiary/aromatic N) is 3. The molecule has 0 unspecified atom stereocenters. The molecule has 0 spiro atoms. The van der Waals surface area contributed by atoms with Gasteiger partial charge in [0, 0.05) is 44.8 Å². The number of hydrogen-bond donors (Lipinski definition) is 0. The highest BCUT2D eigenvalue weighted by Gasteiger charge is 2.37. The Morgan fingerprint density at radius 2 is 1.70 bits per heavy atom. The van der Waals surface area contributed by atoms with Crippen molar-refractivity contribution in [3.8, 4) is 0 Å². The average Bonchev–Trinajstić information content (AvgIpc) is 3.00. The molecular formula is C24H37N3. The van der Waals surface area contributed by atoms with E-state index in [9.17, 15) is 0 Å². The van der Waals surface area contributed by atoms with Crippen LogP contribution in [0.1, 0.15) is 45.1 Å². The Morgan fingerprint density at radius 1 is 0.926 bits per heavy atom. The van der Waals surface area contributed by atoms with Crippen LogP contribution in [0.4, 0.5) is 0 Å². The van der Waals surface area contributed by atoms with Gasteiger partial charge >= 0.3 is 0 Å². The Balaban J connectivity index is 1.30. The monoisotopic (exact) mass is 367 g/mol. The van der Waals surface area contributed by atoms with Gasteiger partial charge in [0.2, 0.25) is 0 Å². The second kappa shape index (κ2) is 8.89. The molecule has 1 aromatic rings. The molecule has 4 fully saturated rings. The summed E-state index contributed by atoms with van der Waals surface area (Å²) in [5.41, 5.74) is 2.91. The van der Waals surface area contributed by atoms with Gasteiger partial charge in [-0.25, -0.2) is 0 Å². The summed E-state index contributed by atoms with van der Waals surface area (Å²) in [6.45, 7) is 13.2. The maximum Gasteiger partial charge on any atom is 0.0233 e. The van der Waals surface area contributed by atoms with Crippen LogP contribution >= 0.6 is 0 Å². The lowest BCUT2D eigenvalue weighted by atomic mass is 9.95. The highest BCUT2D eigenvalue weighted by Crippen LogP contribution is 2.31. The van der Waals surface area contributed by atoms with E-state index in [0.29, 0.717) is 0 Å². The number of benzene rings is 1. The molecule has 5 rings (SSSR count). The smallest absolute Gasteiger partial charge is 0.0233 e. The minimum atomic E-state index is 0.779. The van der Waals surface area contributed by atoms with E-state index in [1.165, 1.54) is 69.5 Å². The highest BCUT2D eigenvalue weighted by molar-refractivity contribution is 5.14. The first kappa shape index (κ1) is 19.2. The molecule has 27 heavy (non-hydrogen) atoms. The van der Waals surface area contributed by atoms with Crippen molar-refractivity contribution in [3.63, 3.8) is 0 Å². The lowest BCUT2D eigenvalue weighted by Crippen LogP contribution is -2.48. The van der Waals surface area contributed by atoms with Gasteiger partial charge in [-0.15, -0.1) is 0 Å². The van der Waals surface area contributed by atoms with Gasteiger partial charge in [0.05, 0.1) is 0 Å². The second-order valence-electron chi connectivity index (χ2n) is 9.28. The minimum Gasteiger partial charge on any atom is -0.299 e. The molecule has 4 aliphatic heterocycles. The van der Waals surface area contributed by atoms with E-state index in [-0.39, 0.29) is 0 Å². The van der Waals surface area contributed by atoms with Gasteiger partial charge in [-0.05, 0) is 64.1 Å². The van der Waals surface area contributed by atoms with E-state index in [1.54, 1.807) is 0 Å². The maximum absolute atomic E-state index is 2.88. The Hall–Kier alpha value is -1.16. The fourth-order valence-corrected chi connectivity index (χ4v) is 5.32. The van der Waals surface area contributed by atoms with Crippen LogP contribution in [0.2, 0.25) is 0 Å². The molecule has 0 radical (unpaired) electrons. The van der Waals surface area contributed by atoms with Crippen LogP contribution in [0.25, 0.3) is 0 Å². The van der Waals surface area contributed by atoms with Crippen molar-refractivity contribution in [3.05, 3.63) is 47.5 Å². The Morgan fingerprint density at radius 3 is 2.44 bits per heavy atom. The van der Waals surface area contributed by atoms with Gasteiger partial charge in [-0.2, -0.15) is 0 Å². The molecule has 1 aromatic carbocycles. The molecule has 0 aliphatic carbocycles. The van der Waals surface area contributed by atoms with Gasteiger partial charge in [-0.1, -0.05) is 42.0 Å². The number of piperidine rings is 2. The van der Waals surface area contributed by atoms with E-state index in [0.717, 1.165) is 31.1 Å². The zero-order valence-corrected chi connectivity index (χ0v) is 17.3. The second-order valence-corrected chi connectivity index (χ2v) is 9.28. The molecule has 0 saturated carbocycles. The van der Waals surface area contributed by atoms with Gasteiger partial charge < -0.3 is 0 Å². The molecule has 4 saturated heterocycles. The van der Waals surface area contributed by atoms with Gasteiger partial charge in [-0.3, -0.25) is 14.7 Å². The van der Waals surface area contributed by atoms with E-state index >= 15 is 0 Å². The van der Waals surface area contributed by atoms with Crippen LogP contribution in [-0.2, 0) is 6.54 Å². The van der Waals surface area contributed by atoms with Crippen molar-refractivity contribution < 1.29 is 0 Å². The lowest BCUT2D eigenvalue weighted by molar-refractivity contribution is 0.0961. The van der Waals surface area contributed by atoms with E-state index < -0.39 is 0 Å². The fraction of sp³-hybridized carbons (Fsp3) is 0.667. The van der Waals surface area contributed by atoms with E-state index in [1.807, 2.05) is 0 Å². The summed E-state index contributed by atoms with van der Waals surface area (Å²) in [5, 5.41) is 0. The largest absolute Gasteiger partial charge is 0.299 e. The zero-order valence-electron chi connectivity index (χ0n) is 17.3. The summed E-state index contributed by atoms with van der Waals surface area (Å²) in [6.07, 6.45) is 7.97. The molecule has 0 amide bonds. The Bertz CT molecular complexity index is 614. The third-order valence-electron chi connectivity index (χ3n) is 6.91. The van der Waals surface area contributed by atoms with Crippen LogP contribution < -0.4 is 0 Å². The SMILES string of the molecule is CC(C)=CCN1C[C@@H]2CC[C@H]1CN(C1CCN(Cc3ccccc3)CC1)C2. The van der Waals surface area contributed by atoms with Gasteiger partial charge in [0.15, 0.2) is 0 Å². The third kappa shape index (κ3) is 5.01.